The Kier molecular flexibility index (Phi) is 3.56. The molecule has 0 atom stereocenters. The minimum Gasteiger partial charge on any atom is -0.341 e. The van der Waals surface area contributed by atoms with Crippen molar-refractivity contribution in [3.8, 4) is 0 Å². The predicted octanol–water partition coefficient (Wildman–Crippen LogP) is -1.06. The van der Waals surface area contributed by atoms with Crippen molar-refractivity contribution >= 4 is 18.4 Å². The highest BCUT2D eigenvalue weighted by Gasteiger charge is 2.38. The Morgan fingerprint density at radius 2 is 1.73 bits per heavy atom. The minimum atomic E-state index is -2.05. The van der Waals surface area contributed by atoms with Gasteiger partial charge in [0.2, 0.25) is 0 Å². The summed E-state index contributed by atoms with van der Waals surface area (Å²) in [6.07, 6.45) is 0.102. The van der Waals surface area contributed by atoms with Gasteiger partial charge in [0.05, 0.1) is 0 Å². The van der Waals surface area contributed by atoms with E-state index < -0.39 is 11.6 Å². The number of hydrogen-bond acceptors (Lipinski definition) is 5. The Hall–Kier alpha value is -1.07. The normalized spacial score (nSPS) is 10.7. The van der Waals surface area contributed by atoms with Gasteiger partial charge in [-0.05, 0) is 0 Å². The number of carbonyl (C=O) groups excluding carboxylic acids is 3. The van der Waals surface area contributed by atoms with Crippen LogP contribution in [-0.4, -0.2) is 38.4 Å². The first-order chi connectivity index (χ1) is 5.16. The van der Waals surface area contributed by atoms with Crippen LogP contribution in [0.25, 0.3) is 0 Å². The van der Waals surface area contributed by atoms with Gasteiger partial charge in [0.1, 0.15) is 0 Å². The van der Waals surface area contributed by atoms with Gasteiger partial charge in [-0.15, -0.1) is 0 Å². The maximum absolute atomic E-state index is 10.7. The highest BCUT2D eigenvalue weighted by Crippen LogP contribution is 2.07. The number of methoxy groups -OCH3 is 2. The third kappa shape index (κ3) is 1.69. The lowest BCUT2D eigenvalue weighted by Gasteiger charge is -2.19. The molecule has 0 saturated carbocycles. The zero-order chi connectivity index (χ0) is 8.91. The van der Waals surface area contributed by atoms with Crippen LogP contribution in [0.3, 0.4) is 0 Å². The van der Waals surface area contributed by atoms with Gasteiger partial charge >= 0.3 is 0 Å². The molecule has 62 valence electrons. The van der Waals surface area contributed by atoms with Crippen molar-refractivity contribution in [1.82, 2.24) is 0 Å². The van der Waals surface area contributed by atoms with Gasteiger partial charge in [-0.1, -0.05) is 0 Å². The number of aldehydes is 2. The zero-order valence-corrected chi connectivity index (χ0v) is 6.20. The van der Waals surface area contributed by atoms with Gasteiger partial charge in [-0.25, -0.2) is 0 Å². The van der Waals surface area contributed by atoms with E-state index in [0.717, 1.165) is 14.2 Å². The van der Waals surface area contributed by atoms with Gasteiger partial charge in [0.15, 0.2) is 12.6 Å². The first-order valence-electron chi connectivity index (χ1n) is 2.73. The quantitative estimate of drug-likeness (QED) is 0.222. The Morgan fingerprint density at radius 3 is 1.82 bits per heavy atom. The van der Waals surface area contributed by atoms with Crippen molar-refractivity contribution < 1.29 is 23.9 Å². The molecule has 0 rings (SSSR count). The number of Topliss-reactive ketones (excluding diaryl/α,β-unsaturated/α-hetero) is 1. The van der Waals surface area contributed by atoms with Gasteiger partial charge in [-0.2, -0.15) is 0 Å². The summed E-state index contributed by atoms with van der Waals surface area (Å²) in [6, 6.07) is 0. The van der Waals surface area contributed by atoms with Crippen molar-refractivity contribution in [2.24, 2.45) is 0 Å². The van der Waals surface area contributed by atoms with Crippen LogP contribution < -0.4 is 0 Å². The molecule has 5 nitrogen and oxygen atoms in total. The number of carbonyl (C=O) groups is 3. The average Bonchev–Trinajstić information content (AvgIpc) is 2.08. The van der Waals surface area contributed by atoms with Crippen LogP contribution >= 0.6 is 0 Å². The average molecular weight is 160 g/mol. The molecule has 0 radical (unpaired) electrons. The lowest BCUT2D eigenvalue weighted by atomic mass is 10.2. The topological polar surface area (TPSA) is 69.7 Å². The molecule has 0 bridgehead atoms. The molecule has 0 aromatic rings. The summed E-state index contributed by atoms with van der Waals surface area (Å²) in [4.78, 5) is 30.9. The molecule has 5 heteroatoms. The summed E-state index contributed by atoms with van der Waals surface area (Å²) in [7, 11) is 2.19. The molecule has 0 aromatic heterocycles. The van der Waals surface area contributed by atoms with Gasteiger partial charge in [0, 0.05) is 14.2 Å². The maximum atomic E-state index is 10.7. The Balaban J connectivity index is 4.66. The molecule has 0 N–H and O–H groups in total. The van der Waals surface area contributed by atoms with Crippen molar-refractivity contribution in [2.75, 3.05) is 14.2 Å². The highest BCUT2D eigenvalue weighted by molar-refractivity contribution is 6.32. The fraction of sp³-hybridized carbons (Fsp3) is 0.500. The summed E-state index contributed by atoms with van der Waals surface area (Å²) in [6.45, 7) is 0. The molecule has 0 spiro atoms. The van der Waals surface area contributed by atoms with Crippen molar-refractivity contribution in [3.05, 3.63) is 0 Å². The first kappa shape index (κ1) is 9.93. The molecule has 0 unspecified atom stereocenters. The van der Waals surface area contributed by atoms with E-state index in [-0.39, 0.29) is 12.6 Å². The van der Waals surface area contributed by atoms with E-state index in [4.69, 9.17) is 0 Å². The van der Waals surface area contributed by atoms with E-state index >= 15 is 0 Å². The molecule has 0 aliphatic carbocycles. The molecular formula is C6H8O5. The smallest absolute Gasteiger partial charge is 0.294 e. The summed E-state index contributed by atoms with van der Waals surface area (Å²) in [5.74, 6) is -3.11. The summed E-state index contributed by atoms with van der Waals surface area (Å²) < 4.78 is 8.84. The monoisotopic (exact) mass is 160 g/mol. The summed E-state index contributed by atoms with van der Waals surface area (Å²) >= 11 is 0. The van der Waals surface area contributed by atoms with Crippen molar-refractivity contribution in [1.29, 1.82) is 0 Å². The number of hydrogen-bond donors (Lipinski definition) is 0. The van der Waals surface area contributed by atoms with E-state index in [1.54, 1.807) is 0 Å². The SMILES string of the molecule is COC(C=O)(OC)C(=O)C=O. The lowest BCUT2D eigenvalue weighted by Crippen LogP contribution is -2.45. The molecule has 0 aliphatic rings. The lowest BCUT2D eigenvalue weighted by molar-refractivity contribution is -0.197. The largest absolute Gasteiger partial charge is 0.341 e. The van der Waals surface area contributed by atoms with Crippen LogP contribution in [0.5, 0.6) is 0 Å². The molecule has 0 aliphatic heterocycles. The van der Waals surface area contributed by atoms with Gasteiger partial charge in [-0.3, -0.25) is 14.4 Å². The van der Waals surface area contributed by atoms with Crippen LogP contribution in [0.15, 0.2) is 0 Å². The Morgan fingerprint density at radius 1 is 1.27 bits per heavy atom. The fourth-order valence-electron chi connectivity index (χ4n) is 0.521. The van der Waals surface area contributed by atoms with Gasteiger partial charge < -0.3 is 9.47 Å². The fourth-order valence-corrected chi connectivity index (χ4v) is 0.521. The zero-order valence-electron chi connectivity index (χ0n) is 6.20. The molecule has 0 aromatic carbocycles. The second kappa shape index (κ2) is 3.95. The summed E-state index contributed by atoms with van der Waals surface area (Å²) in [5, 5.41) is 0. The number of rotatable bonds is 5. The first-order valence-corrected chi connectivity index (χ1v) is 2.73. The van der Waals surface area contributed by atoms with Crippen molar-refractivity contribution in [3.63, 3.8) is 0 Å². The Bertz CT molecular complexity index is 170. The molecular weight excluding hydrogens is 152 g/mol. The van der Waals surface area contributed by atoms with Gasteiger partial charge in [0.25, 0.3) is 11.6 Å². The highest BCUT2D eigenvalue weighted by atomic mass is 16.7. The molecule has 0 heterocycles. The maximum Gasteiger partial charge on any atom is 0.294 e. The van der Waals surface area contributed by atoms with E-state index in [0.29, 0.717) is 0 Å². The van der Waals surface area contributed by atoms with Crippen LogP contribution in [0.1, 0.15) is 0 Å². The van der Waals surface area contributed by atoms with Crippen LogP contribution in [0, 0.1) is 0 Å². The van der Waals surface area contributed by atoms with E-state index in [1.807, 2.05) is 0 Å². The van der Waals surface area contributed by atoms with Crippen molar-refractivity contribution in [2.45, 2.75) is 5.79 Å². The Labute approximate surface area is 63.3 Å². The summed E-state index contributed by atoms with van der Waals surface area (Å²) in [5.41, 5.74) is 0. The molecule has 11 heavy (non-hydrogen) atoms. The second-order valence-electron chi connectivity index (χ2n) is 1.68. The molecule has 0 fully saturated rings. The second-order valence-corrected chi connectivity index (χ2v) is 1.68. The number of ether oxygens (including phenoxy) is 2. The minimum absolute atomic E-state index is 0.0264. The van der Waals surface area contributed by atoms with E-state index in [2.05, 4.69) is 9.47 Å². The van der Waals surface area contributed by atoms with Crippen LogP contribution in [0.4, 0.5) is 0 Å². The predicted molar refractivity (Wildman–Crippen MR) is 33.9 cm³/mol. The number of ketones is 1. The molecule has 0 saturated heterocycles. The third-order valence-corrected chi connectivity index (χ3v) is 1.21. The van der Waals surface area contributed by atoms with E-state index in [9.17, 15) is 14.4 Å². The standard InChI is InChI=1S/C6H8O5/c1-10-6(4-8,11-2)5(9)3-7/h3-4H,1-2H3. The third-order valence-electron chi connectivity index (χ3n) is 1.21. The molecule has 0 amide bonds. The van der Waals surface area contributed by atoms with Crippen LogP contribution in [-0.2, 0) is 23.9 Å². The van der Waals surface area contributed by atoms with E-state index in [1.165, 1.54) is 0 Å². The van der Waals surface area contributed by atoms with Crippen LogP contribution in [0.2, 0.25) is 0 Å².